The summed E-state index contributed by atoms with van der Waals surface area (Å²) in [6.45, 7) is 0.581. The molecule has 1 aliphatic carbocycles. The van der Waals surface area contributed by atoms with Crippen molar-refractivity contribution in [2.45, 2.75) is 25.3 Å². The zero-order chi connectivity index (χ0) is 14.1. The van der Waals surface area contributed by atoms with E-state index in [0.29, 0.717) is 18.2 Å². The molecule has 5 heteroatoms. The van der Waals surface area contributed by atoms with Gasteiger partial charge in [-0.2, -0.15) is 5.10 Å². The molecule has 1 amide bonds. The predicted octanol–water partition coefficient (Wildman–Crippen LogP) is 3.32. The van der Waals surface area contributed by atoms with Crippen LogP contribution in [0, 0.1) is 0 Å². The summed E-state index contributed by atoms with van der Waals surface area (Å²) >= 11 is 3.40. The average Bonchev–Trinajstić information content (AvgIpc) is 3.18. The zero-order valence-corrected chi connectivity index (χ0v) is 12.9. The SMILES string of the molecule is CN(Cc1ccc(Br)cc1)C(=O)c1cc(C2CC2)[nH]n1. The number of rotatable bonds is 4. The van der Waals surface area contributed by atoms with E-state index in [-0.39, 0.29) is 5.91 Å². The monoisotopic (exact) mass is 333 g/mol. The summed E-state index contributed by atoms with van der Waals surface area (Å²) in [5.41, 5.74) is 2.69. The highest BCUT2D eigenvalue weighted by atomic mass is 79.9. The number of nitrogens with zero attached hydrogens (tertiary/aromatic N) is 2. The largest absolute Gasteiger partial charge is 0.336 e. The van der Waals surface area contributed by atoms with Crippen molar-refractivity contribution < 1.29 is 4.79 Å². The molecule has 20 heavy (non-hydrogen) atoms. The van der Waals surface area contributed by atoms with Crippen LogP contribution in [0.5, 0.6) is 0 Å². The summed E-state index contributed by atoms with van der Waals surface area (Å²) in [7, 11) is 1.80. The molecule has 0 spiro atoms. The lowest BCUT2D eigenvalue weighted by Crippen LogP contribution is -2.26. The first-order valence-corrected chi connectivity index (χ1v) is 7.48. The Morgan fingerprint density at radius 1 is 1.40 bits per heavy atom. The van der Waals surface area contributed by atoms with Crippen molar-refractivity contribution in [2.75, 3.05) is 7.05 Å². The predicted molar refractivity (Wildman–Crippen MR) is 80.5 cm³/mol. The third-order valence-corrected chi connectivity index (χ3v) is 4.04. The Hall–Kier alpha value is -1.62. The van der Waals surface area contributed by atoms with Crippen LogP contribution < -0.4 is 0 Å². The molecule has 104 valence electrons. The minimum Gasteiger partial charge on any atom is -0.336 e. The summed E-state index contributed by atoms with van der Waals surface area (Å²) in [4.78, 5) is 14.0. The second-order valence-corrected chi connectivity index (χ2v) is 6.19. The minimum atomic E-state index is -0.0453. The second kappa shape index (κ2) is 5.40. The fourth-order valence-electron chi connectivity index (χ4n) is 2.18. The third-order valence-electron chi connectivity index (χ3n) is 3.51. The lowest BCUT2D eigenvalue weighted by atomic mass is 10.2. The van der Waals surface area contributed by atoms with Crippen molar-refractivity contribution in [2.24, 2.45) is 0 Å². The summed E-state index contributed by atoms with van der Waals surface area (Å²) < 4.78 is 1.04. The van der Waals surface area contributed by atoms with E-state index >= 15 is 0 Å². The van der Waals surface area contributed by atoms with Gasteiger partial charge in [-0.15, -0.1) is 0 Å². The van der Waals surface area contributed by atoms with E-state index in [1.807, 2.05) is 30.3 Å². The molecular formula is C15H16BrN3O. The van der Waals surface area contributed by atoms with Crippen molar-refractivity contribution in [3.05, 3.63) is 51.8 Å². The molecule has 1 fully saturated rings. The van der Waals surface area contributed by atoms with Crippen molar-refractivity contribution >= 4 is 21.8 Å². The molecule has 4 nitrogen and oxygen atoms in total. The molecule has 1 saturated carbocycles. The van der Waals surface area contributed by atoms with Gasteiger partial charge in [0.1, 0.15) is 5.69 Å². The third kappa shape index (κ3) is 2.93. The van der Waals surface area contributed by atoms with Gasteiger partial charge in [0, 0.05) is 29.7 Å². The Kier molecular flexibility index (Phi) is 3.61. The summed E-state index contributed by atoms with van der Waals surface area (Å²) in [5, 5.41) is 7.10. The number of halogens is 1. The van der Waals surface area contributed by atoms with Gasteiger partial charge in [-0.25, -0.2) is 0 Å². The quantitative estimate of drug-likeness (QED) is 0.932. The second-order valence-electron chi connectivity index (χ2n) is 5.27. The lowest BCUT2D eigenvalue weighted by Gasteiger charge is -2.15. The Morgan fingerprint density at radius 2 is 2.10 bits per heavy atom. The van der Waals surface area contributed by atoms with Crippen LogP contribution in [0.25, 0.3) is 0 Å². The molecule has 0 atom stereocenters. The number of H-pyrrole nitrogens is 1. The Morgan fingerprint density at radius 3 is 2.75 bits per heavy atom. The van der Waals surface area contributed by atoms with Crippen molar-refractivity contribution in [1.82, 2.24) is 15.1 Å². The molecule has 1 aromatic carbocycles. The zero-order valence-electron chi connectivity index (χ0n) is 11.3. The summed E-state index contributed by atoms with van der Waals surface area (Å²) in [5.74, 6) is 0.539. The van der Waals surface area contributed by atoms with Gasteiger partial charge >= 0.3 is 0 Å². The van der Waals surface area contributed by atoms with E-state index in [0.717, 1.165) is 15.7 Å². The Bertz CT molecular complexity index is 616. The van der Waals surface area contributed by atoms with Gasteiger partial charge in [0.2, 0.25) is 0 Å². The highest BCUT2D eigenvalue weighted by Gasteiger charge is 2.27. The average molecular weight is 334 g/mol. The maximum Gasteiger partial charge on any atom is 0.274 e. The molecule has 0 unspecified atom stereocenters. The first-order valence-electron chi connectivity index (χ1n) is 6.68. The van der Waals surface area contributed by atoms with Gasteiger partial charge in [-0.3, -0.25) is 9.89 Å². The molecule has 1 heterocycles. The van der Waals surface area contributed by atoms with E-state index in [9.17, 15) is 4.79 Å². The van der Waals surface area contributed by atoms with Crippen LogP contribution in [0.2, 0.25) is 0 Å². The minimum absolute atomic E-state index is 0.0453. The van der Waals surface area contributed by atoms with Crippen molar-refractivity contribution in [3.8, 4) is 0 Å². The molecule has 2 aromatic rings. The number of carbonyl (C=O) groups is 1. The number of hydrogen-bond donors (Lipinski definition) is 1. The maximum atomic E-state index is 12.3. The van der Waals surface area contributed by atoms with Crippen LogP contribution in [0.3, 0.4) is 0 Å². The molecule has 0 radical (unpaired) electrons. The Balaban J connectivity index is 1.67. The number of amides is 1. The molecule has 0 bridgehead atoms. The van der Waals surface area contributed by atoms with Gasteiger partial charge in [0.15, 0.2) is 0 Å². The van der Waals surface area contributed by atoms with Gasteiger partial charge < -0.3 is 4.90 Å². The summed E-state index contributed by atoms with van der Waals surface area (Å²) in [6, 6.07) is 9.86. The van der Waals surface area contributed by atoms with Crippen LogP contribution in [0.1, 0.15) is 40.5 Å². The van der Waals surface area contributed by atoms with Crippen LogP contribution in [-0.2, 0) is 6.54 Å². The highest BCUT2D eigenvalue weighted by molar-refractivity contribution is 9.10. The molecule has 1 aliphatic rings. The number of aromatic amines is 1. The lowest BCUT2D eigenvalue weighted by molar-refractivity contribution is 0.0779. The summed E-state index contributed by atoms with van der Waals surface area (Å²) in [6.07, 6.45) is 2.40. The van der Waals surface area contributed by atoms with Crippen molar-refractivity contribution in [3.63, 3.8) is 0 Å². The fourth-order valence-corrected chi connectivity index (χ4v) is 2.45. The maximum absolute atomic E-state index is 12.3. The molecule has 0 aliphatic heterocycles. The van der Waals surface area contributed by atoms with Crippen LogP contribution in [0.4, 0.5) is 0 Å². The topological polar surface area (TPSA) is 49.0 Å². The van der Waals surface area contributed by atoms with Gasteiger partial charge in [0.05, 0.1) is 0 Å². The number of benzene rings is 1. The fraction of sp³-hybridized carbons (Fsp3) is 0.333. The molecule has 1 aromatic heterocycles. The molecule has 3 rings (SSSR count). The van der Waals surface area contributed by atoms with Crippen LogP contribution in [0.15, 0.2) is 34.8 Å². The Labute approximate surface area is 126 Å². The van der Waals surface area contributed by atoms with E-state index < -0.39 is 0 Å². The van der Waals surface area contributed by atoms with Gasteiger partial charge in [-0.05, 0) is 36.6 Å². The number of carbonyl (C=O) groups excluding carboxylic acids is 1. The van der Waals surface area contributed by atoms with Crippen molar-refractivity contribution in [1.29, 1.82) is 0 Å². The van der Waals surface area contributed by atoms with E-state index in [1.54, 1.807) is 11.9 Å². The van der Waals surface area contributed by atoms with Gasteiger partial charge in [0.25, 0.3) is 5.91 Å². The van der Waals surface area contributed by atoms with E-state index in [2.05, 4.69) is 26.1 Å². The highest BCUT2D eigenvalue weighted by Crippen LogP contribution is 2.39. The van der Waals surface area contributed by atoms with Crippen LogP contribution in [-0.4, -0.2) is 28.1 Å². The first kappa shape index (κ1) is 13.4. The standard InChI is InChI=1S/C15H16BrN3O/c1-19(9-10-2-6-12(16)7-3-10)15(20)14-8-13(17-18-14)11-4-5-11/h2-3,6-8,11H,4-5,9H2,1H3,(H,17,18). The number of nitrogens with one attached hydrogen (secondary N) is 1. The van der Waals surface area contributed by atoms with Crippen LogP contribution >= 0.6 is 15.9 Å². The van der Waals surface area contributed by atoms with Gasteiger partial charge in [-0.1, -0.05) is 28.1 Å². The van der Waals surface area contributed by atoms with E-state index in [4.69, 9.17) is 0 Å². The molecular weight excluding hydrogens is 318 g/mol. The number of aromatic nitrogens is 2. The molecule has 0 saturated heterocycles. The van der Waals surface area contributed by atoms with E-state index in [1.165, 1.54) is 12.8 Å². The normalized spacial score (nSPS) is 14.3. The smallest absolute Gasteiger partial charge is 0.274 e. The molecule has 1 N–H and O–H groups in total. The first-order chi connectivity index (χ1) is 9.63. The number of hydrogen-bond acceptors (Lipinski definition) is 2.